The van der Waals surface area contributed by atoms with Gasteiger partial charge in [-0.25, -0.2) is 0 Å². The van der Waals surface area contributed by atoms with Gasteiger partial charge >= 0.3 is 0 Å². The zero-order valence-electron chi connectivity index (χ0n) is 12.4. The molecule has 6 N–H and O–H groups in total. The third-order valence-electron chi connectivity index (χ3n) is 3.17. The third kappa shape index (κ3) is 5.15. The highest BCUT2D eigenvalue weighted by molar-refractivity contribution is 5.84. The number of rotatable bonds is 9. The van der Waals surface area contributed by atoms with Gasteiger partial charge in [-0.3, -0.25) is 0 Å². The van der Waals surface area contributed by atoms with Gasteiger partial charge in [-0.05, 0) is 23.8 Å². The molecule has 0 bridgehead atoms. The Kier molecular flexibility index (Phi) is 8.22. The number of ether oxygens (including phenoxy) is 2. The number of benzene rings is 1. The number of halogens is 1. The average Bonchev–Trinajstić information content (AvgIpc) is 2.88. The molecule has 2 aromatic rings. The summed E-state index contributed by atoms with van der Waals surface area (Å²) in [6.45, 7) is 1.33. The normalized spacial score (nSPS) is 12.1. The number of aromatic amines is 1. The average molecular weight is 331 g/mol. The van der Waals surface area contributed by atoms with Gasteiger partial charge in [-0.15, -0.1) is 0 Å². The number of aliphatic hydroxyl groups excluding tert-OH is 2. The second-order valence-corrected chi connectivity index (χ2v) is 4.89. The second kappa shape index (κ2) is 9.66. The van der Waals surface area contributed by atoms with Gasteiger partial charge in [0.1, 0.15) is 18.5 Å². The molecule has 22 heavy (non-hydrogen) atoms. The summed E-state index contributed by atoms with van der Waals surface area (Å²) < 4.78 is 10.6. The number of aromatic nitrogens is 1. The summed E-state index contributed by atoms with van der Waals surface area (Å²) in [4.78, 5) is 3.22. The molecule has 1 heterocycles. The van der Waals surface area contributed by atoms with Crippen LogP contribution in [0.3, 0.4) is 0 Å². The van der Waals surface area contributed by atoms with Crippen molar-refractivity contribution in [1.29, 1.82) is 0 Å². The van der Waals surface area contributed by atoms with Crippen molar-refractivity contribution >= 4 is 10.9 Å². The fraction of sp³-hybridized carbons (Fsp3) is 0.467. The molecule has 1 aromatic heterocycles. The van der Waals surface area contributed by atoms with Gasteiger partial charge in [0, 0.05) is 23.5 Å². The van der Waals surface area contributed by atoms with Crippen molar-refractivity contribution in [2.45, 2.75) is 12.5 Å². The van der Waals surface area contributed by atoms with Crippen molar-refractivity contribution in [2.75, 3.05) is 33.0 Å². The standard InChI is InChI=1S/C15H22N2O4.ClH/c16-4-3-11-8-17-15-2-1-13(7-14(11)15)21-10-12(19)9-20-6-5-18;/h1-2,7-8,12,17-19H,3-6,9-10,16H2;1H. The minimum atomic E-state index is -0.710. The number of H-pyrrole nitrogens is 1. The lowest BCUT2D eigenvalue weighted by Gasteiger charge is -2.12. The van der Waals surface area contributed by atoms with Crippen LogP contribution < -0.4 is 22.9 Å². The predicted molar refractivity (Wildman–Crippen MR) is 79.2 cm³/mol. The molecule has 7 heteroatoms. The molecule has 0 saturated heterocycles. The summed E-state index contributed by atoms with van der Waals surface area (Å²) in [7, 11) is 0. The largest absolute Gasteiger partial charge is 1.00 e. The van der Waals surface area contributed by atoms with E-state index in [1.54, 1.807) is 0 Å². The molecule has 0 spiro atoms. The molecule has 0 aliphatic heterocycles. The van der Waals surface area contributed by atoms with Gasteiger partial charge in [-0.1, -0.05) is 0 Å². The first-order chi connectivity index (χ1) is 10.2. The molecule has 1 aromatic carbocycles. The fourth-order valence-electron chi connectivity index (χ4n) is 2.17. The van der Waals surface area contributed by atoms with Crippen molar-refractivity contribution < 1.29 is 37.8 Å². The Morgan fingerprint density at radius 3 is 2.82 bits per heavy atom. The molecule has 124 valence electrons. The zero-order chi connectivity index (χ0) is 15.1. The van der Waals surface area contributed by atoms with Gasteiger partial charge in [0.15, 0.2) is 0 Å². The van der Waals surface area contributed by atoms with Gasteiger partial charge in [0.25, 0.3) is 0 Å². The Hall–Kier alpha value is -1.31. The topological polar surface area (TPSA) is 102 Å². The van der Waals surface area contributed by atoms with Crippen LogP contribution in [-0.2, 0) is 11.2 Å². The molecule has 0 amide bonds. The molecule has 0 radical (unpaired) electrons. The van der Waals surface area contributed by atoms with E-state index in [4.69, 9.17) is 14.6 Å². The number of hydrogen-bond donors (Lipinski definition) is 4. The van der Waals surface area contributed by atoms with E-state index in [0.717, 1.165) is 23.9 Å². The number of quaternary nitrogens is 1. The molecule has 0 fully saturated rings. The summed E-state index contributed by atoms with van der Waals surface area (Å²) in [6, 6.07) is 5.80. The van der Waals surface area contributed by atoms with Crippen molar-refractivity contribution in [3.8, 4) is 5.75 Å². The molecular formula is C15H23ClN2O4. The summed E-state index contributed by atoms with van der Waals surface area (Å²) in [5.74, 6) is 0.716. The van der Waals surface area contributed by atoms with Crippen LogP contribution in [0.5, 0.6) is 5.75 Å². The van der Waals surface area contributed by atoms with Crippen LogP contribution in [0.2, 0.25) is 0 Å². The lowest BCUT2D eigenvalue weighted by Crippen LogP contribution is -3.00. The minimum absolute atomic E-state index is 0. The number of fused-ring (bicyclic) bond motifs is 1. The quantitative estimate of drug-likeness (QED) is 0.362. The van der Waals surface area contributed by atoms with Crippen LogP contribution >= 0.6 is 0 Å². The molecular weight excluding hydrogens is 308 g/mol. The lowest BCUT2D eigenvalue weighted by molar-refractivity contribution is -0.366. The first kappa shape index (κ1) is 18.7. The Labute approximate surface area is 135 Å². The molecule has 1 atom stereocenters. The second-order valence-electron chi connectivity index (χ2n) is 4.89. The van der Waals surface area contributed by atoms with Crippen LogP contribution in [0.15, 0.2) is 24.4 Å². The van der Waals surface area contributed by atoms with E-state index in [1.807, 2.05) is 24.4 Å². The third-order valence-corrected chi connectivity index (χ3v) is 3.17. The fourth-order valence-corrected chi connectivity index (χ4v) is 2.17. The zero-order valence-corrected chi connectivity index (χ0v) is 13.2. The first-order valence-electron chi connectivity index (χ1n) is 7.13. The predicted octanol–water partition coefficient (Wildman–Crippen LogP) is -3.30. The number of aliphatic hydroxyl groups is 2. The van der Waals surface area contributed by atoms with Crippen molar-refractivity contribution in [2.24, 2.45) is 0 Å². The minimum Gasteiger partial charge on any atom is -1.00 e. The van der Waals surface area contributed by atoms with Crippen molar-refractivity contribution in [1.82, 2.24) is 4.98 Å². The lowest BCUT2D eigenvalue weighted by atomic mass is 10.1. The van der Waals surface area contributed by atoms with Crippen molar-refractivity contribution in [3.05, 3.63) is 30.0 Å². The monoisotopic (exact) mass is 330 g/mol. The van der Waals surface area contributed by atoms with Crippen LogP contribution in [0, 0.1) is 0 Å². The maximum atomic E-state index is 9.70. The Morgan fingerprint density at radius 2 is 2.09 bits per heavy atom. The van der Waals surface area contributed by atoms with Crippen LogP contribution in [-0.4, -0.2) is 54.3 Å². The maximum absolute atomic E-state index is 9.70. The Morgan fingerprint density at radius 1 is 1.27 bits per heavy atom. The summed E-state index contributed by atoms with van der Waals surface area (Å²) >= 11 is 0. The molecule has 0 saturated carbocycles. The van der Waals surface area contributed by atoms with E-state index < -0.39 is 6.10 Å². The molecule has 0 aliphatic rings. The van der Waals surface area contributed by atoms with E-state index in [1.165, 1.54) is 5.56 Å². The SMILES string of the molecule is [Cl-].[NH3+]CCc1c[nH]c2ccc(OCC(O)COCCO)cc12. The summed E-state index contributed by atoms with van der Waals surface area (Å²) in [5.41, 5.74) is 6.16. The van der Waals surface area contributed by atoms with Gasteiger partial charge in [-0.2, -0.15) is 0 Å². The van der Waals surface area contributed by atoms with Gasteiger partial charge < -0.3 is 42.8 Å². The highest BCUT2D eigenvalue weighted by Gasteiger charge is 2.08. The van der Waals surface area contributed by atoms with E-state index in [-0.39, 0.29) is 38.8 Å². The molecule has 6 nitrogen and oxygen atoms in total. The molecule has 1 unspecified atom stereocenters. The Bertz CT molecular complexity index is 561. The molecule has 2 rings (SSSR count). The maximum Gasteiger partial charge on any atom is 0.120 e. The summed E-state index contributed by atoms with van der Waals surface area (Å²) in [6.07, 6.45) is 2.20. The Balaban J connectivity index is 0.00000242. The first-order valence-corrected chi connectivity index (χ1v) is 7.13. The van der Waals surface area contributed by atoms with Crippen LogP contribution in [0.25, 0.3) is 10.9 Å². The van der Waals surface area contributed by atoms with Gasteiger partial charge in [0.05, 0.1) is 26.4 Å². The van der Waals surface area contributed by atoms with E-state index in [2.05, 4.69) is 10.7 Å². The smallest absolute Gasteiger partial charge is 0.120 e. The highest BCUT2D eigenvalue weighted by atomic mass is 35.5. The van der Waals surface area contributed by atoms with Crippen LogP contribution in [0.1, 0.15) is 5.56 Å². The van der Waals surface area contributed by atoms with Crippen molar-refractivity contribution in [3.63, 3.8) is 0 Å². The molecule has 0 aliphatic carbocycles. The van der Waals surface area contributed by atoms with E-state index in [0.29, 0.717) is 5.75 Å². The summed E-state index contributed by atoms with van der Waals surface area (Å²) in [5, 5.41) is 19.4. The number of nitrogens with one attached hydrogen (secondary N) is 1. The number of hydrogen-bond acceptors (Lipinski definition) is 4. The highest BCUT2D eigenvalue weighted by Crippen LogP contribution is 2.24. The van der Waals surface area contributed by atoms with E-state index >= 15 is 0 Å². The van der Waals surface area contributed by atoms with Gasteiger partial charge in [0.2, 0.25) is 0 Å². The van der Waals surface area contributed by atoms with Crippen LogP contribution in [0.4, 0.5) is 0 Å². The van der Waals surface area contributed by atoms with E-state index in [9.17, 15) is 5.11 Å².